The molecule has 0 aliphatic carbocycles. The number of aliphatic carboxylic acids is 1. The first-order valence-corrected chi connectivity index (χ1v) is 5.97. The van der Waals surface area contributed by atoms with E-state index in [0.29, 0.717) is 18.7 Å². The molecule has 0 radical (unpaired) electrons. The van der Waals surface area contributed by atoms with Crippen molar-refractivity contribution >= 4 is 11.9 Å². The van der Waals surface area contributed by atoms with E-state index in [-0.39, 0.29) is 18.4 Å². The van der Waals surface area contributed by atoms with Gasteiger partial charge in [0.15, 0.2) is 0 Å². The van der Waals surface area contributed by atoms with Gasteiger partial charge in [-0.05, 0) is 12.8 Å². The first-order chi connectivity index (χ1) is 8.43. The molecule has 0 aliphatic heterocycles. The van der Waals surface area contributed by atoms with Crippen LogP contribution in [0.2, 0.25) is 0 Å². The summed E-state index contributed by atoms with van der Waals surface area (Å²) in [6, 6.07) is 0. The highest BCUT2D eigenvalue weighted by Crippen LogP contribution is 2.07. The normalized spacial score (nSPS) is 10.7. The summed E-state index contributed by atoms with van der Waals surface area (Å²) in [7, 11) is 0. The zero-order chi connectivity index (χ0) is 13.7. The zero-order valence-electron chi connectivity index (χ0n) is 11.0. The summed E-state index contributed by atoms with van der Waals surface area (Å²) in [6.45, 7) is 6.62. The first kappa shape index (κ1) is 14.2. The molecule has 1 amide bonds. The predicted molar refractivity (Wildman–Crippen MR) is 66.3 cm³/mol. The largest absolute Gasteiger partial charge is 0.480 e. The van der Waals surface area contributed by atoms with Crippen LogP contribution in [0.15, 0.2) is 12.4 Å². The number of rotatable bonds is 6. The molecular formula is C12H19N3O3. The molecule has 100 valence electrons. The van der Waals surface area contributed by atoms with Crippen LogP contribution in [0.5, 0.6) is 0 Å². The van der Waals surface area contributed by atoms with Crippen LogP contribution in [0.4, 0.5) is 0 Å². The number of carboxylic acids is 1. The van der Waals surface area contributed by atoms with E-state index in [0.717, 1.165) is 0 Å². The molecule has 0 aliphatic rings. The topological polar surface area (TPSA) is 75.4 Å². The molecule has 6 heteroatoms. The Morgan fingerprint density at radius 1 is 1.50 bits per heavy atom. The number of aryl methyl sites for hydroxylation is 1. The van der Waals surface area contributed by atoms with Crippen LogP contribution in [0.25, 0.3) is 0 Å². The lowest BCUT2D eigenvalue weighted by Gasteiger charge is -2.21. The van der Waals surface area contributed by atoms with Crippen LogP contribution in [-0.4, -0.2) is 44.8 Å². The van der Waals surface area contributed by atoms with Gasteiger partial charge in [0, 0.05) is 19.3 Å². The number of nitrogens with zero attached hydrogens (tertiary/aromatic N) is 3. The van der Waals surface area contributed by atoms with E-state index in [1.54, 1.807) is 10.9 Å². The van der Waals surface area contributed by atoms with Gasteiger partial charge in [-0.3, -0.25) is 14.3 Å². The Balaban J connectivity index is 2.83. The molecule has 1 rings (SSSR count). The molecule has 18 heavy (non-hydrogen) atoms. The molecule has 1 N–H and O–H groups in total. The molecule has 0 saturated carbocycles. The van der Waals surface area contributed by atoms with Gasteiger partial charge in [-0.1, -0.05) is 13.8 Å². The van der Waals surface area contributed by atoms with E-state index in [2.05, 4.69) is 5.10 Å². The van der Waals surface area contributed by atoms with E-state index in [4.69, 9.17) is 5.11 Å². The monoisotopic (exact) mass is 253 g/mol. The van der Waals surface area contributed by atoms with Crippen LogP contribution >= 0.6 is 0 Å². The molecule has 1 aromatic heterocycles. The number of carboxylic acid groups (broad SMARTS) is 1. The Kier molecular flexibility index (Phi) is 4.88. The van der Waals surface area contributed by atoms with E-state index < -0.39 is 5.97 Å². The lowest BCUT2D eigenvalue weighted by atomic mass is 10.2. The second-order valence-electron chi connectivity index (χ2n) is 4.56. The number of aromatic nitrogens is 2. The van der Waals surface area contributed by atoms with Gasteiger partial charge < -0.3 is 10.0 Å². The molecule has 0 aromatic carbocycles. The van der Waals surface area contributed by atoms with Gasteiger partial charge >= 0.3 is 5.97 Å². The summed E-state index contributed by atoms with van der Waals surface area (Å²) in [4.78, 5) is 24.3. The minimum Gasteiger partial charge on any atom is -0.480 e. The number of carbonyl (C=O) groups excluding carboxylic acids is 1. The number of hydrogen-bond donors (Lipinski definition) is 1. The lowest BCUT2D eigenvalue weighted by molar-refractivity contribution is -0.137. The second-order valence-corrected chi connectivity index (χ2v) is 4.56. The quantitative estimate of drug-likeness (QED) is 0.823. The summed E-state index contributed by atoms with van der Waals surface area (Å²) in [5.41, 5.74) is 0.429. The number of amides is 1. The molecule has 1 heterocycles. The maximum atomic E-state index is 12.2. The molecule has 0 spiro atoms. The minimum absolute atomic E-state index is 0.217. The fraction of sp³-hybridized carbons (Fsp3) is 0.583. The summed E-state index contributed by atoms with van der Waals surface area (Å²) in [6.07, 6.45) is 3.11. The van der Waals surface area contributed by atoms with Crippen LogP contribution in [0, 0.1) is 5.92 Å². The van der Waals surface area contributed by atoms with Crippen LogP contribution in [0.3, 0.4) is 0 Å². The van der Waals surface area contributed by atoms with Crippen molar-refractivity contribution in [1.29, 1.82) is 0 Å². The van der Waals surface area contributed by atoms with Gasteiger partial charge in [0.1, 0.15) is 6.54 Å². The van der Waals surface area contributed by atoms with Crippen LogP contribution < -0.4 is 0 Å². The van der Waals surface area contributed by atoms with E-state index >= 15 is 0 Å². The lowest BCUT2D eigenvalue weighted by Crippen LogP contribution is -2.38. The van der Waals surface area contributed by atoms with Gasteiger partial charge in [0.05, 0.1) is 11.8 Å². The van der Waals surface area contributed by atoms with E-state index in [1.165, 1.54) is 11.1 Å². The maximum absolute atomic E-state index is 12.2. The fourth-order valence-corrected chi connectivity index (χ4v) is 1.65. The first-order valence-electron chi connectivity index (χ1n) is 5.97. The van der Waals surface area contributed by atoms with Gasteiger partial charge in [0.2, 0.25) is 0 Å². The molecular weight excluding hydrogens is 234 g/mol. The summed E-state index contributed by atoms with van der Waals surface area (Å²) in [5.74, 6) is -1.08. The molecule has 1 aromatic rings. The third-order valence-corrected chi connectivity index (χ3v) is 2.40. The predicted octanol–water partition coefficient (Wildman–Crippen LogP) is 1.09. The smallest absolute Gasteiger partial charge is 0.323 e. The third kappa shape index (κ3) is 3.87. The zero-order valence-corrected chi connectivity index (χ0v) is 11.0. The molecule has 0 atom stereocenters. The van der Waals surface area contributed by atoms with Crippen molar-refractivity contribution in [1.82, 2.24) is 14.7 Å². The van der Waals surface area contributed by atoms with Crippen molar-refractivity contribution in [3.63, 3.8) is 0 Å². The molecule has 0 unspecified atom stereocenters. The molecule has 0 fully saturated rings. The van der Waals surface area contributed by atoms with Crippen LogP contribution in [0.1, 0.15) is 31.1 Å². The highest BCUT2D eigenvalue weighted by Gasteiger charge is 2.20. The van der Waals surface area contributed by atoms with Crippen molar-refractivity contribution < 1.29 is 14.7 Å². The summed E-state index contributed by atoms with van der Waals surface area (Å²) >= 11 is 0. The van der Waals surface area contributed by atoms with Gasteiger partial charge in [-0.25, -0.2) is 0 Å². The molecule has 0 bridgehead atoms. The molecule has 0 saturated heterocycles. The minimum atomic E-state index is -1.01. The Hall–Kier alpha value is -1.85. The average Bonchev–Trinajstić information content (AvgIpc) is 2.74. The SMILES string of the molecule is CCn1cc(C(=O)N(CC(=O)O)CC(C)C)cn1. The number of hydrogen-bond acceptors (Lipinski definition) is 3. The Morgan fingerprint density at radius 2 is 2.17 bits per heavy atom. The van der Waals surface area contributed by atoms with Crippen molar-refractivity contribution in [3.05, 3.63) is 18.0 Å². The van der Waals surface area contributed by atoms with Crippen molar-refractivity contribution in [2.45, 2.75) is 27.3 Å². The summed E-state index contributed by atoms with van der Waals surface area (Å²) in [5, 5.41) is 12.8. The van der Waals surface area contributed by atoms with Gasteiger partial charge in [0.25, 0.3) is 5.91 Å². The van der Waals surface area contributed by atoms with Gasteiger partial charge in [-0.2, -0.15) is 5.10 Å². The van der Waals surface area contributed by atoms with Crippen molar-refractivity contribution in [2.75, 3.05) is 13.1 Å². The Bertz CT molecular complexity index is 426. The summed E-state index contributed by atoms with van der Waals surface area (Å²) < 4.78 is 1.64. The standard InChI is InChI=1S/C12H19N3O3/c1-4-15-7-10(5-13-15)12(18)14(6-9(2)3)8-11(16)17/h5,7,9H,4,6,8H2,1-3H3,(H,16,17). The Morgan fingerprint density at radius 3 is 2.61 bits per heavy atom. The average molecular weight is 253 g/mol. The van der Waals surface area contributed by atoms with Crippen molar-refractivity contribution in [2.24, 2.45) is 5.92 Å². The highest BCUT2D eigenvalue weighted by molar-refractivity contribution is 5.95. The fourth-order valence-electron chi connectivity index (χ4n) is 1.65. The van der Waals surface area contributed by atoms with Crippen LogP contribution in [-0.2, 0) is 11.3 Å². The molecule has 6 nitrogen and oxygen atoms in total. The Labute approximate surface area is 106 Å². The van der Waals surface area contributed by atoms with Gasteiger partial charge in [-0.15, -0.1) is 0 Å². The van der Waals surface area contributed by atoms with Crippen molar-refractivity contribution in [3.8, 4) is 0 Å². The van der Waals surface area contributed by atoms with E-state index in [9.17, 15) is 9.59 Å². The highest BCUT2D eigenvalue weighted by atomic mass is 16.4. The second kappa shape index (κ2) is 6.18. The number of carbonyl (C=O) groups is 2. The van der Waals surface area contributed by atoms with E-state index in [1.807, 2.05) is 20.8 Å². The third-order valence-electron chi connectivity index (χ3n) is 2.40. The maximum Gasteiger partial charge on any atom is 0.323 e.